The van der Waals surface area contributed by atoms with Crippen LogP contribution >= 0.6 is 13.5 Å². The number of esters is 1. The minimum Gasteiger partial charge on any atom is -0.461 e. The van der Waals surface area contributed by atoms with E-state index in [0.717, 1.165) is 5.56 Å². The molecule has 25 heavy (non-hydrogen) atoms. The van der Waals surface area contributed by atoms with E-state index in [1.165, 1.54) is 0 Å². The van der Waals surface area contributed by atoms with E-state index in [-0.39, 0.29) is 44.5 Å². The Kier molecular flexibility index (Phi) is 10.3. The van der Waals surface area contributed by atoms with Gasteiger partial charge in [-0.15, -0.1) is 0 Å². The van der Waals surface area contributed by atoms with Crippen LogP contribution in [0.4, 0.5) is 4.79 Å². The number of rotatable bonds is 7. The lowest BCUT2D eigenvalue weighted by Gasteiger charge is -2.25. The summed E-state index contributed by atoms with van der Waals surface area (Å²) in [5.41, 5.74) is 0.415. The fourth-order valence-electron chi connectivity index (χ4n) is 2.11. The molecule has 0 unspecified atom stereocenters. The van der Waals surface area contributed by atoms with Gasteiger partial charge in [-0.2, -0.15) is 13.5 Å². The van der Waals surface area contributed by atoms with Gasteiger partial charge in [-0.05, 0) is 38.7 Å². The van der Waals surface area contributed by atoms with Crippen molar-refractivity contribution in [3.05, 3.63) is 35.9 Å². The Labute approximate surface area is 157 Å². The van der Waals surface area contributed by atoms with Crippen molar-refractivity contribution in [1.82, 2.24) is 5.32 Å². The fourth-order valence-corrected chi connectivity index (χ4v) is 2.11. The Morgan fingerprint density at radius 1 is 1.12 bits per heavy atom. The van der Waals surface area contributed by atoms with Gasteiger partial charge in [-0.25, -0.2) is 4.79 Å². The minimum atomic E-state index is -0.541. The maximum absolute atomic E-state index is 11.9. The van der Waals surface area contributed by atoms with Crippen LogP contribution in [0.1, 0.15) is 53.0 Å². The Morgan fingerprint density at radius 3 is 2.24 bits per heavy atom. The zero-order chi connectivity index (χ0) is 18.2. The van der Waals surface area contributed by atoms with Gasteiger partial charge in [0.15, 0.2) is 0 Å². The van der Waals surface area contributed by atoms with Crippen molar-refractivity contribution >= 4 is 25.6 Å². The molecule has 0 aliphatic heterocycles. The summed E-state index contributed by atoms with van der Waals surface area (Å²) in [4.78, 5) is 23.8. The van der Waals surface area contributed by atoms with E-state index in [1.54, 1.807) is 0 Å². The normalized spacial score (nSPS) is 12.1. The van der Waals surface area contributed by atoms with Crippen molar-refractivity contribution < 1.29 is 19.1 Å². The molecule has 0 aliphatic rings. The standard InChI is InChI=1S/C19H29NO4.H2S/c1-14(2)16(20-18(22)24-19(3,4)5)11-12-17(21)23-13-15-9-7-6-8-10-15;/h6-10,14,16H,11-13H2,1-5H3,(H,20,22);1H2/t16-;/m0./s1. The van der Waals surface area contributed by atoms with Gasteiger partial charge in [0.2, 0.25) is 0 Å². The van der Waals surface area contributed by atoms with Crippen molar-refractivity contribution in [2.24, 2.45) is 5.92 Å². The summed E-state index contributed by atoms with van der Waals surface area (Å²) in [6, 6.07) is 9.42. The molecule has 1 N–H and O–H groups in total. The highest BCUT2D eigenvalue weighted by Crippen LogP contribution is 2.13. The smallest absolute Gasteiger partial charge is 0.407 e. The quantitative estimate of drug-likeness (QED) is 0.733. The van der Waals surface area contributed by atoms with Crippen LogP contribution in [0.25, 0.3) is 0 Å². The second kappa shape index (κ2) is 11.0. The number of amides is 1. The molecule has 1 rings (SSSR count). The van der Waals surface area contributed by atoms with Crippen LogP contribution in [-0.2, 0) is 20.9 Å². The molecule has 142 valence electrons. The number of hydrogen-bond acceptors (Lipinski definition) is 4. The molecule has 5 nitrogen and oxygen atoms in total. The van der Waals surface area contributed by atoms with Crippen LogP contribution in [0.3, 0.4) is 0 Å². The van der Waals surface area contributed by atoms with E-state index in [0.29, 0.717) is 6.42 Å². The van der Waals surface area contributed by atoms with Gasteiger partial charge in [0, 0.05) is 12.5 Å². The molecular formula is C19H31NO4S. The van der Waals surface area contributed by atoms with Crippen LogP contribution in [0.15, 0.2) is 30.3 Å². The molecule has 0 saturated carbocycles. The Morgan fingerprint density at radius 2 is 1.72 bits per heavy atom. The first-order chi connectivity index (χ1) is 11.2. The van der Waals surface area contributed by atoms with Crippen molar-refractivity contribution in [3.63, 3.8) is 0 Å². The Hall–Kier alpha value is -1.69. The second-order valence-electron chi connectivity index (χ2n) is 7.18. The van der Waals surface area contributed by atoms with Crippen LogP contribution in [0.5, 0.6) is 0 Å². The lowest BCUT2D eigenvalue weighted by atomic mass is 9.99. The van der Waals surface area contributed by atoms with Crippen molar-refractivity contribution in [2.75, 3.05) is 0 Å². The number of benzene rings is 1. The zero-order valence-corrected chi connectivity index (χ0v) is 16.8. The second-order valence-corrected chi connectivity index (χ2v) is 7.18. The average molecular weight is 370 g/mol. The Balaban J connectivity index is 0.00000576. The molecule has 0 saturated heterocycles. The van der Waals surface area contributed by atoms with E-state index >= 15 is 0 Å². The number of hydrogen-bond donors (Lipinski definition) is 1. The first kappa shape index (κ1) is 23.3. The molecule has 1 aromatic carbocycles. The van der Waals surface area contributed by atoms with E-state index in [2.05, 4.69) is 5.32 Å². The zero-order valence-electron chi connectivity index (χ0n) is 15.8. The summed E-state index contributed by atoms with van der Waals surface area (Å²) < 4.78 is 10.5. The highest BCUT2D eigenvalue weighted by Gasteiger charge is 2.22. The Bertz CT molecular complexity index is 526. The maximum atomic E-state index is 11.9. The highest BCUT2D eigenvalue weighted by molar-refractivity contribution is 7.59. The van der Waals surface area contributed by atoms with Gasteiger partial charge in [-0.3, -0.25) is 4.79 Å². The molecule has 0 aromatic heterocycles. The summed E-state index contributed by atoms with van der Waals surface area (Å²) in [5.74, 6) is -0.0741. The molecule has 1 aromatic rings. The van der Waals surface area contributed by atoms with Crippen LogP contribution in [0, 0.1) is 5.92 Å². The monoisotopic (exact) mass is 369 g/mol. The molecule has 0 fully saturated rings. The summed E-state index contributed by atoms with van der Waals surface area (Å²) in [7, 11) is 0. The lowest BCUT2D eigenvalue weighted by molar-refractivity contribution is -0.145. The molecule has 6 heteroatoms. The summed E-state index contributed by atoms with van der Waals surface area (Å²) in [5, 5.41) is 2.83. The third-order valence-corrected chi connectivity index (χ3v) is 3.41. The average Bonchev–Trinajstić information content (AvgIpc) is 2.48. The number of nitrogens with one attached hydrogen (secondary N) is 1. The largest absolute Gasteiger partial charge is 0.461 e. The van der Waals surface area contributed by atoms with Crippen LogP contribution < -0.4 is 5.32 Å². The maximum Gasteiger partial charge on any atom is 0.407 e. The molecule has 1 amide bonds. The fraction of sp³-hybridized carbons (Fsp3) is 0.579. The van der Waals surface area contributed by atoms with Crippen LogP contribution in [-0.4, -0.2) is 23.7 Å². The van der Waals surface area contributed by atoms with Crippen molar-refractivity contribution in [3.8, 4) is 0 Å². The van der Waals surface area contributed by atoms with Gasteiger partial charge in [0.25, 0.3) is 0 Å². The van der Waals surface area contributed by atoms with E-state index in [1.807, 2.05) is 65.0 Å². The van der Waals surface area contributed by atoms with Gasteiger partial charge in [0.1, 0.15) is 12.2 Å². The summed E-state index contributed by atoms with van der Waals surface area (Å²) in [6.45, 7) is 9.72. The molecular weight excluding hydrogens is 338 g/mol. The number of alkyl carbamates (subject to hydrolysis) is 1. The molecule has 1 atom stereocenters. The van der Waals surface area contributed by atoms with E-state index < -0.39 is 11.7 Å². The number of ether oxygens (including phenoxy) is 2. The van der Waals surface area contributed by atoms with Crippen LogP contribution in [0.2, 0.25) is 0 Å². The molecule has 0 aliphatic carbocycles. The topological polar surface area (TPSA) is 64.6 Å². The lowest BCUT2D eigenvalue weighted by Crippen LogP contribution is -2.42. The third-order valence-electron chi connectivity index (χ3n) is 3.41. The summed E-state index contributed by atoms with van der Waals surface area (Å²) in [6.07, 6.45) is 0.314. The molecule has 0 bridgehead atoms. The van der Waals surface area contributed by atoms with Crippen molar-refractivity contribution in [1.29, 1.82) is 0 Å². The van der Waals surface area contributed by atoms with Gasteiger partial charge in [-0.1, -0.05) is 44.2 Å². The van der Waals surface area contributed by atoms with Gasteiger partial charge in [0.05, 0.1) is 0 Å². The first-order valence-corrected chi connectivity index (χ1v) is 8.36. The summed E-state index contributed by atoms with van der Waals surface area (Å²) >= 11 is 0. The third kappa shape index (κ3) is 10.7. The van der Waals surface area contributed by atoms with Crippen molar-refractivity contribution in [2.45, 2.75) is 65.7 Å². The van der Waals surface area contributed by atoms with E-state index in [9.17, 15) is 9.59 Å². The predicted octanol–water partition coefficient (Wildman–Crippen LogP) is 4.17. The van der Waals surface area contributed by atoms with Gasteiger partial charge < -0.3 is 14.8 Å². The van der Waals surface area contributed by atoms with E-state index in [4.69, 9.17) is 9.47 Å². The minimum absolute atomic E-state index is 0. The SMILES string of the molecule is CC(C)[C@H](CCC(=O)OCc1ccccc1)NC(=O)OC(C)(C)C.S. The highest BCUT2D eigenvalue weighted by atomic mass is 32.1. The predicted molar refractivity (Wildman–Crippen MR) is 104 cm³/mol. The van der Waals surface area contributed by atoms with Gasteiger partial charge >= 0.3 is 12.1 Å². The number of carbonyl (C=O) groups excluding carboxylic acids is 2. The number of carbonyl (C=O) groups is 2. The first-order valence-electron chi connectivity index (χ1n) is 8.36. The molecule has 0 heterocycles. The molecule has 0 radical (unpaired) electrons. The molecule has 0 spiro atoms.